The van der Waals surface area contributed by atoms with Gasteiger partial charge in [0.15, 0.2) is 5.82 Å². The number of amides is 1. The van der Waals surface area contributed by atoms with Gasteiger partial charge < -0.3 is 19.7 Å². The Labute approximate surface area is 195 Å². The van der Waals surface area contributed by atoms with Gasteiger partial charge in [0.1, 0.15) is 24.8 Å². The first-order valence-electron chi connectivity index (χ1n) is 9.31. The van der Waals surface area contributed by atoms with Crippen molar-refractivity contribution in [3.8, 4) is 0 Å². The van der Waals surface area contributed by atoms with Crippen molar-refractivity contribution in [3.63, 3.8) is 0 Å². The number of aryl methyl sites for hydroxylation is 1. The Bertz CT molecular complexity index is 1170. The Morgan fingerprint density at radius 1 is 1.34 bits per heavy atom. The Kier molecular flexibility index (Phi) is 7.67. The van der Waals surface area contributed by atoms with Gasteiger partial charge in [0.2, 0.25) is 0 Å². The molecule has 1 heterocycles. The second-order valence-electron chi connectivity index (χ2n) is 6.71. The third-order valence-electron chi connectivity index (χ3n) is 4.33. The fourth-order valence-corrected chi connectivity index (χ4v) is 3.45. The van der Waals surface area contributed by atoms with Crippen LogP contribution in [0.3, 0.4) is 0 Å². The van der Waals surface area contributed by atoms with Crippen molar-refractivity contribution in [1.29, 1.82) is 0 Å². The molecule has 12 heteroatoms. The molecule has 32 heavy (non-hydrogen) atoms. The van der Waals surface area contributed by atoms with E-state index in [2.05, 4.69) is 31.7 Å². The van der Waals surface area contributed by atoms with Gasteiger partial charge in [-0.05, 0) is 31.2 Å². The van der Waals surface area contributed by atoms with Gasteiger partial charge in [0, 0.05) is 11.5 Å². The topological polar surface area (TPSA) is 115 Å². The van der Waals surface area contributed by atoms with Crippen LogP contribution in [0.15, 0.2) is 35.1 Å². The number of anilines is 2. The lowest BCUT2D eigenvalue weighted by atomic mass is 10.1. The van der Waals surface area contributed by atoms with Crippen molar-refractivity contribution < 1.29 is 28.7 Å². The summed E-state index contributed by atoms with van der Waals surface area (Å²) in [5.41, 5.74) is 2.84. The molecule has 3 N–H and O–H groups in total. The number of nitrogens with one attached hydrogen (secondary N) is 2. The van der Waals surface area contributed by atoms with E-state index in [4.69, 9.17) is 26.3 Å². The molecular weight excluding hydrogens is 511 g/mol. The number of rotatable bonds is 8. The minimum atomic E-state index is -1.27. The molecule has 0 bridgehead atoms. The van der Waals surface area contributed by atoms with Crippen LogP contribution in [0.25, 0.3) is 11.0 Å². The van der Waals surface area contributed by atoms with E-state index < -0.39 is 23.8 Å². The van der Waals surface area contributed by atoms with Gasteiger partial charge in [-0.1, -0.05) is 27.5 Å². The zero-order valence-corrected chi connectivity index (χ0v) is 19.3. The van der Waals surface area contributed by atoms with Gasteiger partial charge in [-0.15, -0.1) is 0 Å². The lowest BCUT2D eigenvalue weighted by Gasteiger charge is -2.15. The van der Waals surface area contributed by atoms with E-state index in [9.17, 15) is 9.59 Å². The maximum atomic E-state index is 15.3. The van der Waals surface area contributed by atoms with E-state index >= 15 is 4.39 Å². The zero-order chi connectivity index (χ0) is 23.4. The monoisotopic (exact) mass is 528 g/mol. The summed E-state index contributed by atoms with van der Waals surface area (Å²) in [6.07, 6.45) is 0.163. The number of carbonyl (C=O) groups excluding carboxylic acids is 2. The molecule has 0 fully saturated rings. The molecule has 0 aliphatic carbocycles. The van der Waals surface area contributed by atoms with Gasteiger partial charge in [-0.2, -0.15) is 0 Å². The van der Waals surface area contributed by atoms with E-state index in [-0.39, 0.29) is 30.0 Å². The number of aromatic nitrogens is 2. The molecule has 1 atom stereocenters. The number of hydrogen-bond donors (Lipinski definition) is 3. The number of fused-ring (bicyclic) bond motifs is 1. The van der Waals surface area contributed by atoms with Crippen molar-refractivity contribution >= 4 is 61.8 Å². The molecule has 9 nitrogen and oxygen atoms in total. The van der Waals surface area contributed by atoms with E-state index in [0.29, 0.717) is 16.2 Å². The molecule has 1 amide bonds. The highest BCUT2D eigenvalue weighted by Crippen LogP contribution is 2.34. The first-order chi connectivity index (χ1) is 15.2. The van der Waals surface area contributed by atoms with Gasteiger partial charge in [0.05, 0.1) is 33.8 Å². The number of esters is 1. The first-order valence-corrected chi connectivity index (χ1v) is 10.5. The molecule has 3 rings (SSSR count). The van der Waals surface area contributed by atoms with Crippen LogP contribution in [-0.2, 0) is 21.4 Å². The number of hydroxylamine groups is 1. The standard InChI is InChI=1S/C20H19BrClFN4O5/c1-10(28)20(30)31-5-6-32-26-19(29)12-8-15-18(24-9-27(15)2)16(23)17(12)25-14-4-3-11(21)7-13(14)22/h3-4,7-10,25,28H,5-6H2,1-2H3,(H,26,29). The second kappa shape index (κ2) is 10.3. The van der Waals surface area contributed by atoms with E-state index in [1.807, 2.05) is 0 Å². The van der Waals surface area contributed by atoms with Gasteiger partial charge >= 0.3 is 5.97 Å². The average molecular weight is 530 g/mol. The van der Waals surface area contributed by atoms with Gasteiger partial charge in [0.25, 0.3) is 5.91 Å². The number of aliphatic hydroxyl groups is 1. The maximum Gasteiger partial charge on any atom is 0.334 e. The fourth-order valence-electron chi connectivity index (χ4n) is 2.73. The Morgan fingerprint density at radius 3 is 2.78 bits per heavy atom. The Morgan fingerprint density at radius 2 is 2.09 bits per heavy atom. The van der Waals surface area contributed by atoms with Crippen LogP contribution < -0.4 is 10.8 Å². The van der Waals surface area contributed by atoms with Gasteiger partial charge in [-0.25, -0.2) is 19.6 Å². The number of nitrogens with zero attached hydrogens (tertiary/aromatic N) is 2. The Balaban J connectivity index is 1.84. The summed E-state index contributed by atoms with van der Waals surface area (Å²) in [7, 11) is 1.67. The SMILES string of the molecule is CC(O)C(=O)OCCONC(=O)c1cc2c(ncn2C)c(F)c1Nc1ccc(Br)cc1Cl. The smallest absolute Gasteiger partial charge is 0.334 e. The number of benzene rings is 2. The van der Waals surface area contributed by atoms with Crippen molar-refractivity contribution in [2.45, 2.75) is 13.0 Å². The second-order valence-corrected chi connectivity index (χ2v) is 8.03. The third-order valence-corrected chi connectivity index (χ3v) is 5.14. The van der Waals surface area contributed by atoms with E-state index in [0.717, 1.165) is 4.47 Å². The number of hydrogen-bond acceptors (Lipinski definition) is 7. The van der Waals surface area contributed by atoms with E-state index in [1.165, 1.54) is 19.3 Å². The number of halogens is 3. The third kappa shape index (κ3) is 5.36. The maximum absolute atomic E-state index is 15.3. The fraction of sp³-hybridized carbons (Fsp3) is 0.250. The molecule has 1 unspecified atom stereocenters. The molecule has 2 aromatic carbocycles. The van der Waals surface area contributed by atoms with Crippen LogP contribution in [0.4, 0.5) is 15.8 Å². The van der Waals surface area contributed by atoms with Crippen LogP contribution in [0, 0.1) is 5.82 Å². The number of carbonyl (C=O) groups is 2. The largest absolute Gasteiger partial charge is 0.461 e. The normalized spacial score (nSPS) is 11.9. The van der Waals surface area contributed by atoms with Crippen molar-refractivity contribution in [1.82, 2.24) is 15.0 Å². The summed E-state index contributed by atoms with van der Waals surface area (Å²) >= 11 is 9.54. The number of aliphatic hydroxyl groups excluding tert-OH is 1. The lowest BCUT2D eigenvalue weighted by Crippen LogP contribution is -2.28. The highest BCUT2D eigenvalue weighted by molar-refractivity contribution is 9.10. The van der Waals surface area contributed by atoms with Crippen molar-refractivity contribution in [2.24, 2.45) is 7.05 Å². The van der Waals surface area contributed by atoms with Crippen molar-refractivity contribution in [3.05, 3.63) is 51.5 Å². The highest BCUT2D eigenvalue weighted by Gasteiger charge is 2.22. The molecule has 0 radical (unpaired) electrons. The van der Waals surface area contributed by atoms with Crippen LogP contribution >= 0.6 is 27.5 Å². The molecule has 3 aromatic rings. The predicted octanol–water partition coefficient (Wildman–Crippen LogP) is 3.46. The molecule has 0 aliphatic heterocycles. The average Bonchev–Trinajstić information content (AvgIpc) is 3.11. The highest BCUT2D eigenvalue weighted by atomic mass is 79.9. The number of ether oxygens (including phenoxy) is 1. The minimum Gasteiger partial charge on any atom is -0.461 e. The van der Waals surface area contributed by atoms with Gasteiger partial charge in [-0.3, -0.25) is 9.63 Å². The summed E-state index contributed by atoms with van der Waals surface area (Å²) in [6, 6.07) is 6.43. The molecular formula is C20H19BrClFN4O5. The van der Waals surface area contributed by atoms with E-state index in [1.54, 1.807) is 29.8 Å². The first kappa shape index (κ1) is 23.9. The summed E-state index contributed by atoms with van der Waals surface area (Å²) in [5, 5.41) is 12.2. The van der Waals surface area contributed by atoms with Crippen molar-refractivity contribution in [2.75, 3.05) is 18.5 Å². The minimum absolute atomic E-state index is 0.0569. The summed E-state index contributed by atoms with van der Waals surface area (Å²) in [4.78, 5) is 33.1. The molecule has 0 aliphatic rings. The number of imidazole rings is 1. The molecule has 1 aromatic heterocycles. The molecule has 0 saturated carbocycles. The lowest BCUT2D eigenvalue weighted by molar-refractivity contribution is -0.154. The van der Waals surface area contributed by atoms with Crippen LogP contribution in [0.5, 0.6) is 0 Å². The predicted molar refractivity (Wildman–Crippen MR) is 119 cm³/mol. The molecule has 0 saturated heterocycles. The summed E-state index contributed by atoms with van der Waals surface area (Å²) in [6.45, 7) is 0.890. The summed E-state index contributed by atoms with van der Waals surface area (Å²) < 4.78 is 22.3. The van der Waals surface area contributed by atoms with Crippen LogP contribution in [0.2, 0.25) is 5.02 Å². The van der Waals surface area contributed by atoms with Crippen LogP contribution in [0.1, 0.15) is 17.3 Å². The molecule has 170 valence electrons. The molecule has 0 spiro atoms. The quantitative estimate of drug-likeness (QED) is 0.233. The zero-order valence-electron chi connectivity index (χ0n) is 17.0. The Hall–Kier alpha value is -2.73. The summed E-state index contributed by atoms with van der Waals surface area (Å²) in [5.74, 6) is -2.30. The van der Waals surface area contributed by atoms with Crippen LogP contribution in [-0.4, -0.2) is 45.9 Å².